The molecule has 72 valence electrons. The molecule has 0 spiro atoms. The Labute approximate surface area is 79.4 Å². The van der Waals surface area contributed by atoms with Crippen molar-refractivity contribution in [2.45, 2.75) is 6.54 Å². The first-order valence-electron chi connectivity index (χ1n) is 4.12. The molecule has 0 unspecified atom stereocenters. The van der Waals surface area contributed by atoms with Crippen LogP contribution in [0.15, 0.2) is 29.3 Å². The Balaban J connectivity index is 2.91. The molecule has 0 aliphatic rings. The van der Waals surface area contributed by atoms with E-state index in [4.69, 9.17) is 5.73 Å². The second-order valence-electron chi connectivity index (χ2n) is 2.88. The van der Waals surface area contributed by atoms with Crippen LogP contribution in [0.3, 0.4) is 0 Å². The molecule has 0 aliphatic carbocycles. The number of nitrogens with zero attached hydrogens (tertiary/aromatic N) is 2. The quantitative estimate of drug-likeness (QED) is 0.657. The van der Waals surface area contributed by atoms with Gasteiger partial charge in [0.2, 0.25) is 0 Å². The maximum Gasteiger partial charge on any atom is 0.262 e. The Hall–Kier alpha value is -1.88. The van der Waals surface area contributed by atoms with Crippen LogP contribution in [0.1, 0.15) is 5.56 Å². The van der Waals surface area contributed by atoms with Gasteiger partial charge in [0.1, 0.15) is 0 Å². The van der Waals surface area contributed by atoms with Gasteiger partial charge in [-0.1, -0.05) is 0 Å². The summed E-state index contributed by atoms with van der Waals surface area (Å²) in [5.74, 6) is -0.0202. The summed E-state index contributed by atoms with van der Waals surface area (Å²) in [4.78, 5) is 15.6. The zero-order chi connectivity index (χ0) is 10.1. The molecule has 2 rings (SSSR count). The van der Waals surface area contributed by atoms with Crippen LogP contribution in [-0.4, -0.2) is 14.5 Å². The molecule has 0 aliphatic heterocycles. The topological polar surface area (TPSA) is 80.6 Å². The minimum absolute atomic E-state index is 0.0202. The van der Waals surface area contributed by atoms with Crippen LogP contribution < -0.4 is 11.3 Å². The van der Waals surface area contributed by atoms with Gasteiger partial charge < -0.3 is 10.8 Å². The zero-order valence-electron chi connectivity index (χ0n) is 7.34. The highest BCUT2D eigenvalue weighted by molar-refractivity contribution is 5.51. The molecule has 5 heteroatoms. The van der Waals surface area contributed by atoms with E-state index in [2.05, 4.69) is 4.98 Å². The predicted molar refractivity (Wildman–Crippen MR) is 51.0 cm³/mol. The largest absolute Gasteiger partial charge is 0.504 e. The summed E-state index contributed by atoms with van der Waals surface area (Å²) in [5.41, 5.74) is 5.79. The van der Waals surface area contributed by atoms with Crippen molar-refractivity contribution in [3.63, 3.8) is 0 Å². The van der Waals surface area contributed by atoms with Crippen molar-refractivity contribution in [2.24, 2.45) is 5.73 Å². The van der Waals surface area contributed by atoms with Crippen molar-refractivity contribution in [1.82, 2.24) is 9.38 Å². The second kappa shape index (κ2) is 3.12. The normalized spacial score (nSPS) is 10.6. The van der Waals surface area contributed by atoms with Gasteiger partial charge in [-0.25, -0.2) is 4.98 Å². The number of rotatable bonds is 1. The third kappa shape index (κ3) is 1.14. The van der Waals surface area contributed by atoms with Gasteiger partial charge in [0.25, 0.3) is 5.56 Å². The van der Waals surface area contributed by atoms with Crippen LogP contribution in [0.25, 0.3) is 5.65 Å². The SMILES string of the molecule is NCc1cnc2c(O)cccn2c1=O. The Kier molecular flexibility index (Phi) is 1.94. The third-order valence-electron chi connectivity index (χ3n) is 2.00. The highest BCUT2D eigenvalue weighted by atomic mass is 16.3. The number of hydrogen-bond donors (Lipinski definition) is 2. The average Bonchev–Trinajstić information content (AvgIpc) is 2.20. The zero-order valence-corrected chi connectivity index (χ0v) is 7.34. The van der Waals surface area contributed by atoms with E-state index in [0.717, 1.165) is 0 Å². The molecule has 0 saturated carbocycles. The van der Waals surface area contributed by atoms with Gasteiger partial charge in [0, 0.05) is 24.5 Å². The number of aromatic hydroxyl groups is 1. The molecule has 0 radical (unpaired) electrons. The molecule has 14 heavy (non-hydrogen) atoms. The Morgan fingerprint density at radius 2 is 2.36 bits per heavy atom. The molecule has 5 nitrogen and oxygen atoms in total. The first-order valence-corrected chi connectivity index (χ1v) is 4.12. The molecule has 2 heterocycles. The van der Waals surface area contributed by atoms with E-state index in [1.54, 1.807) is 12.3 Å². The number of nitrogens with two attached hydrogens (primary N) is 1. The predicted octanol–water partition coefficient (Wildman–Crippen LogP) is -0.141. The summed E-state index contributed by atoms with van der Waals surface area (Å²) < 4.78 is 1.28. The molecule has 0 fully saturated rings. The summed E-state index contributed by atoms with van der Waals surface area (Å²) in [6.45, 7) is 0.143. The molecule has 0 atom stereocenters. The lowest BCUT2D eigenvalue weighted by atomic mass is 10.3. The molecule has 0 aromatic carbocycles. The maximum atomic E-state index is 11.6. The van der Waals surface area contributed by atoms with E-state index in [9.17, 15) is 9.90 Å². The number of fused-ring (bicyclic) bond motifs is 1. The minimum atomic E-state index is -0.242. The highest BCUT2D eigenvalue weighted by Crippen LogP contribution is 2.12. The standard InChI is InChI=1S/C9H9N3O2/c10-4-6-5-11-8-7(13)2-1-3-12(8)9(6)14/h1-3,5,13H,4,10H2. The van der Waals surface area contributed by atoms with Crippen molar-refractivity contribution in [3.05, 3.63) is 40.4 Å². The maximum absolute atomic E-state index is 11.6. The van der Waals surface area contributed by atoms with Crippen molar-refractivity contribution in [2.75, 3.05) is 0 Å². The fourth-order valence-corrected chi connectivity index (χ4v) is 1.27. The lowest BCUT2D eigenvalue weighted by Gasteiger charge is -2.02. The van der Waals surface area contributed by atoms with Crippen molar-refractivity contribution < 1.29 is 5.11 Å². The van der Waals surface area contributed by atoms with Crippen LogP contribution in [-0.2, 0) is 6.54 Å². The molecule has 0 bridgehead atoms. The summed E-state index contributed by atoms with van der Waals surface area (Å²) in [7, 11) is 0. The summed E-state index contributed by atoms with van der Waals surface area (Å²) >= 11 is 0. The van der Waals surface area contributed by atoms with Gasteiger partial charge in [-0.3, -0.25) is 9.20 Å². The Morgan fingerprint density at radius 1 is 1.57 bits per heavy atom. The molecular formula is C9H9N3O2. The molecule has 3 N–H and O–H groups in total. The Morgan fingerprint density at radius 3 is 3.07 bits per heavy atom. The van der Waals surface area contributed by atoms with Crippen molar-refractivity contribution in [3.8, 4) is 5.75 Å². The van der Waals surface area contributed by atoms with Crippen molar-refractivity contribution in [1.29, 1.82) is 0 Å². The molecule has 2 aromatic heterocycles. The highest BCUT2D eigenvalue weighted by Gasteiger charge is 2.05. The monoisotopic (exact) mass is 191 g/mol. The minimum Gasteiger partial charge on any atom is -0.504 e. The van der Waals surface area contributed by atoms with E-state index < -0.39 is 0 Å². The summed E-state index contributed by atoms with van der Waals surface area (Å²) in [6.07, 6.45) is 2.93. The lowest BCUT2D eigenvalue weighted by Crippen LogP contribution is -2.21. The summed E-state index contributed by atoms with van der Waals surface area (Å²) in [6, 6.07) is 3.05. The van der Waals surface area contributed by atoms with Gasteiger partial charge >= 0.3 is 0 Å². The fourth-order valence-electron chi connectivity index (χ4n) is 1.27. The van der Waals surface area contributed by atoms with E-state index in [-0.39, 0.29) is 23.5 Å². The molecule has 0 saturated heterocycles. The van der Waals surface area contributed by atoms with Crippen molar-refractivity contribution >= 4 is 5.65 Å². The van der Waals surface area contributed by atoms with E-state index in [0.29, 0.717) is 5.56 Å². The van der Waals surface area contributed by atoms with Crippen LogP contribution in [0.2, 0.25) is 0 Å². The Bertz CT molecular complexity index is 533. The first-order chi connectivity index (χ1) is 6.74. The molecule has 2 aromatic rings. The average molecular weight is 191 g/mol. The lowest BCUT2D eigenvalue weighted by molar-refractivity contribution is 0.476. The third-order valence-corrected chi connectivity index (χ3v) is 2.00. The van der Waals surface area contributed by atoms with Gasteiger partial charge in [0.15, 0.2) is 11.4 Å². The van der Waals surface area contributed by atoms with Gasteiger partial charge in [0.05, 0.1) is 0 Å². The first kappa shape index (κ1) is 8.71. The van der Waals surface area contributed by atoms with E-state index >= 15 is 0 Å². The molecular weight excluding hydrogens is 182 g/mol. The number of hydrogen-bond acceptors (Lipinski definition) is 4. The van der Waals surface area contributed by atoms with Gasteiger partial charge in [-0.05, 0) is 12.1 Å². The van der Waals surface area contributed by atoms with E-state index in [1.165, 1.54) is 16.7 Å². The smallest absolute Gasteiger partial charge is 0.262 e. The van der Waals surface area contributed by atoms with Crippen LogP contribution in [0.4, 0.5) is 0 Å². The molecule has 0 amide bonds. The van der Waals surface area contributed by atoms with Crippen LogP contribution in [0.5, 0.6) is 5.75 Å². The van der Waals surface area contributed by atoms with Gasteiger partial charge in [-0.15, -0.1) is 0 Å². The van der Waals surface area contributed by atoms with Crippen LogP contribution >= 0.6 is 0 Å². The second-order valence-corrected chi connectivity index (χ2v) is 2.88. The fraction of sp³-hybridized carbons (Fsp3) is 0.111. The summed E-state index contributed by atoms with van der Waals surface area (Å²) in [5, 5.41) is 9.41. The van der Waals surface area contributed by atoms with E-state index in [1.807, 2.05) is 0 Å². The van der Waals surface area contributed by atoms with Gasteiger partial charge in [-0.2, -0.15) is 0 Å². The number of aromatic nitrogens is 2. The van der Waals surface area contributed by atoms with Crippen LogP contribution in [0, 0.1) is 0 Å². The number of pyridine rings is 1.